The zero-order valence-electron chi connectivity index (χ0n) is 13.7. The molecule has 1 aromatic carbocycles. The molecule has 1 heterocycles. The number of nitrogens with one attached hydrogen (secondary N) is 1. The number of aromatic nitrogens is 2. The molecule has 1 N–H and O–H groups in total. The minimum Gasteiger partial charge on any atom is -0.423 e. The quantitative estimate of drug-likeness (QED) is 0.919. The summed E-state index contributed by atoms with van der Waals surface area (Å²) >= 11 is 0. The first-order valence-corrected chi connectivity index (χ1v) is 7.27. The molecule has 0 atom stereocenters. The zero-order chi connectivity index (χ0) is 16.3. The molecule has 0 aliphatic carbocycles. The van der Waals surface area contributed by atoms with Crippen molar-refractivity contribution >= 4 is 11.6 Å². The van der Waals surface area contributed by atoms with Crippen molar-refractivity contribution < 1.29 is 9.21 Å². The highest BCUT2D eigenvalue weighted by atomic mass is 16.4. The lowest BCUT2D eigenvalue weighted by molar-refractivity contribution is 0.0827. The molecular weight excluding hydrogens is 280 g/mol. The summed E-state index contributed by atoms with van der Waals surface area (Å²) in [4.78, 5) is 13.6. The van der Waals surface area contributed by atoms with Gasteiger partial charge < -0.3 is 14.6 Å². The Hall–Kier alpha value is -2.37. The first kappa shape index (κ1) is 16.0. The lowest BCUT2D eigenvalue weighted by Crippen LogP contribution is -2.21. The van der Waals surface area contributed by atoms with Crippen LogP contribution >= 0.6 is 0 Å². The fourth-order valence-corrected chi connectivity index (χ4v) is 1.95. The second kappa shape index (κ2) is 6.60. The van der Waals surface area contributed by atoms with Crippen LogP contribution in [0.5, 0.6) is 0 Å². The molecule has 6 nitrogen and oxygen atoms in total. The summed E-state index contributed by atoms with van der Waals surface area (Å²) in [5.74, 6) is 1.35. The van der Waals surface area contributed by atoms with Crippen LogP contribution in [-0.4, -0.2) is 35.1 Å². The van der Waals surface area contributed by atoms with Crippen LogP contribution in [0.1, 0.15) is 47.5 Å². The van der Waals surface area contributed by atoms with Gasteiger partial charge in [-0.3, -0.25) is 4.79 Å². The molecule has 0 unspecified atom stereocenters. The van der Waals surface area contributed by atoms with Crippen LogP contribution in [0, 0.1) is 6.92 Å². The van der Waals surface area contributed by atoms with Gasteiger partial charge >= 0.3 is 0 Å². The molecular formula is C16H22N4O2. The molecule has 22 heavy (non-hydrogen) atoms. The number of nitrogens with zero attached hydrogens (tertiary/aromatic N) is 3. The van der Waals surface area contributed by atoms with E-state index in [-0.39, 0.29) is 11.8 Å². The van der Waals surface area contributed by atoms with Crippen molar-refractivity contribution in [1.82, 2.24) is 15.1 Å². The second-order valence-corrected chi connectivity index (χ2v) is 5.77. The van der Waals surface area contributed by atoms with Gasteiger partial charge in [0, 0.05) is 31.3 Å². The summed E-state index contributed by atoms with van der Waals surface area (Å²) in [6.07, 6.45) is 0. The van der Waals surface area contributed by atoms with Gasteiger partial charge in [-0.25, -0.2) is 0 Å². The molecule has 2 aromatic rings. The Morgan fingerprint density at radius 3 is 2.64 bits per heavy atom. The molecule has 118 valence electrons. The van der Waals surface area contributed by atoms with E-state index in [9.17, 15) is 4.79 Å². The van der Waals surface area contributed by atoms with Crippen molar-refractivity contribution in [2.45, 2.75) is 33.2 Å². The standard InChI is InChI=1S/C16H22N4O2/c1-10(2)15-19-18-14(22-15)9-17-13-8-12(7-6-11(13)3)16(21)20(4)5/h6-8,10,17H,9H2,1-5H3. The van der Waals surface area contributed by atoms with Gasteiger partial charge in [0.25, 0.3) is 5.91 Å². The van der Waals surface area contributed by atoms with E-state index >= 15 is 0 Å². The number of aryl methyl sites for hydroxylation is 1. The molecule has 0 aliphatic rings. The average molecular weight is 302 g/mol. The number of carbonyl (C=O) groups excluding carboxylic acids is 1. The Labute approximate surface area is 130 Å². The maximum absolute atomic E-state index is 12.0. The van der Waals surface area contributed by atoms with E-state index in [1.807, 2.05) is 39.0 Å². The van der Waals surface area contributed by atoms with Crippen molar-refractivity contribution in [3.05, 3.63) is 41.1 Å². The van der Waals surface area contributed by atoms with E-state index < -0.39 is 0 Å². The molecule has 2 rings (SSSR count). The van der Waals surface area contributed by atoms with Crippen LogP contribution in [0.4, 0.5) is 5.69 Å². The lowest BCUT2D eigenvalue weighted by Gasteiger charge is -2.13. The number of amides is 1. The Morgan fingerprint density at radius 1 is 1.32 bits per heavy atom. The highest BCUT2D eigenvalue weighted by Gasteiger charge is 2.12. The van der Waals surface area contributed by atoms with Gasteiger partial charge in [0.1, 0.15) is 0 Å². The Morgan fingerprint density at radius 2 is 2.05 bits per heavy atom. The van der Waals surface area contributed by atoms with Crippen molar-refractivity contribution in [3.8, 4) is 0 Å². The van der Waals surface area contributed by atoms with Crippen LogP contribution in [0.3, 0.4) is 0 Å². The Bertz CT molecular complexity index is 662. The number of hydrogen-bond acceptors (Lipinski definition) is 5. The highest BCUT2D eigenvalue weighted by Crippen LogP contribution is 2.19. The molecule has 6 heteroatoms. The normalized spacial score (nSPS) is 10.8. The third-order valence-corrected chi connectivity index (χ3v) is 3.30. The topological polar surface area (TPSA) is 71.3 Å². The van der Waals surface area contributed by atoms with E-state index in [1.165, 1.54) is 0 Å². The molecule has 1 amide bonds. The van der Waals surface area contributed by atoms with Gasteiger partial charge in [-0.1, -0.05) is 19.9 Å². The first-order valence-electron chi connectivity index (χ1n) is 7.27. The maximum atomic E-state index is 12.0. The van der Waals surface area contributed by atoms with Crippen molar-refractivity contribution in [2.75, 3.05) is 19.4 Å². The molecule has 0 saturated carbocycles. The number of anilines is 1. The predicted molar refractivity (Wildman–Crippen MR) is 84.9 cm³/mol. The van der Waals surface area contributed by atoms with Gasteiger partial charge in [-0.05, 0) is 24.6 Å². The molecule has 0 spiro atoms. The second-order valence-electron chi connectivity index (χ2n) is 5.77. The summed E-state index contributed by atoms with van der Waals surface area (Å²) in [6.45, 7) is 6.43. The van der Waals surface area contributed by atoms with E-state index in [0.717, 1.165) is 11.3 Å². The number of rotatable bonds is 5. The summed E-state index contributed by atoms with van der Waals surface area (Å²) in [7, 11) is 3.47. The summed E-state index contributed by atoms with van der Waals surface area (Å²) in [5.41, 5.74) is 2.59. The highest BCUT2D eigenvalue weighted by molar-refractivity contribution is 5.95. The van der Waals surface area contributed by atoms with Crippen molar-refractivity contribution in [1.29, 1.82) is 0 Å². The Kier molecular flexibility index (Phi) is 4.80. The van der Waals surface area contributed by atoms with Crippen molar-refractivity contribution in [3.63, 3.8) is 0 Å². The van der Waals surface area contributed by atoms with E-state index in [4.69, 9.17) is 4.42 Å². The summed E-state index contributed by atoms with van der Waals surface area (Å²) in [5, 5.41) is 11.3. The minimum atomic E-state index is -0.0251. The lowest BCUT2D eigenvalue weighted by atomic mass is 10.1. The van der Waals surface area contributed by atoms with Gasteiger partial charge in [0.15, 0.2) is 0 Å². The number of hydrogen-bond donors (Lipinski definition) is 1. The fraction of sp³-hybridized carbons (Fsp3) is 0.438. The molecule has 0 aliphatic heterocycles. The summed E-state index contributed by atoms with van der Waals surface area (Å²) < 4.78 is 5.56. The SMILES string of the molecule is Cc1ccc(C(=O)N(C)C)cc1NCc1nnc(C(C)C)o1. The zero-order valence-corrected chi connectivity index (χ0v) is 13.7. The predicted octanol–water partition coefficient (Wildman–Crippen LogP) is 2.82. The molecule has 0 saturated heterocycles. The van der Waals surface area contributed by atoms with Crippen LogP contribution in [0.2, 0.25) is 0 Å². The van der Waals surface area contributed by atoms with Gasteiger partial charge in [-0.15, -0.1) is 10.2 Å². The van der Waals surface area contributed by atoms with E-state index in [0.29, 0.717) is 23.9 Å². The van der Waals surface area contributed by atoms with Crippen LogP contribution in [0.25, 0.3) is 0 Å². The third kappa shape index (κ3) is 3.63. The van der Waals surface area contributed by atoms with Crippen molar-refractivity contribution in [2.24, 2.45) is 0 Å². The summed E-state index contributed by atoms with van der Waals surface area (Å²) in [6, 6.07) is 5.59. The molecule has 0 bridgehead atoms. The molecule has 1 aromatic heterocycles. The number of benzene rings is 1. The van der Waals surface area contributed by atoms with Gasteiger partial charge in [0.2, 0.25) is 11.8 Å². The van der Waals surface area contributed by atoms with E-state index in [1.54, 1.807) is 19.0 Å². The molecule has 0 fully saturated rings. The fourth-order valence-electron chi connectivity index (χ4n) is 1.95. The van der Waals surface area contributed by atoms with Crippen LogP contribution in [0.15, 0.2) is 22.6 Å². The first-order chi connectivity index (χ1) is 10.4. The van der Waals surface area contributed by atoms with E-state index in [2.05, 4.69) is 15.5 Å². The largest absolute Gasteiger partial charge is 0.423 e. The third-order valence-electron chi connectivity index (χ3n) is 3.30. The molecule has 0 radical (unpaired) electrons. The van der Waals surface area contributed by atoms with Gasteiger partial charge in [-0.2, -0.15) is 0 Å². The maximum Gasteiger partial charge on any atom is 0.253 e. The van der Waals surface area contributed by atoms with Crippen LogP contribution < -0.4 is 5.32 Å². The number of carbonyl (C=O) groups is 1. The van der Waals surface area contributed by atoms with Crippen LogP contribution in [-0.2, 0) is 6.54 Å². The smallest absolute Gasteiger partial charge is 0.253 e. The average Bonchev–Trinajstić information content (AvgIpc) is 2.94. The van der Waals surface area contributed by atoms with Gasteiger partial charge in [0.05, 0.1) is 6.54 Å². The Balaban J connectivity index is 2.11. The minimum absolute atomic E-state index is 0.0251. The monoisotopic (exact) mass is 302 g/mol.